The van der Waals surface area contributed by atoms with E-state index in [1.807, 2.05) is 80.9 Å². The van der Waals surface area contributed by atoms with Crippen LogP contribution in [0.1, 0.15) is 50.4 Å². The Labute approximate surface area is 209 Å². The highest BCUT2D eigenvalue weighted by Crippen LogP contribution is 2.34. The Kier molecular flexibility index (Phi) is 7.95. The van der Waals surface area contributed by atoms with Gasteiger partial charge in [0.05, 0.1) is 35.3 Å². The van der Waals surface area contributed by atoms with Crippen molar-refractivity contribution >= 4 is 0 Å². The maximum absolute atomic E-state index is 10.8. The van der Waals surface area contributed by atoms with Crippen molar-refractivity contribution in [3.8, 4) is 17.3 Å². The first kappa shape index (κ1) is 25.4. The zero-order valence-corrected chi connectivity index (χ0v) is 21.7. The molecule has 1 aliphatic carbocycles. The molecule has 0 aliphatic heterocycles. The third kappa shape index (κ3) is 7.40. The van der Waals surface area contributed by atoms with E-state index >= 15 is 0 Å². The van der Waals surface area contributed by atoms with Crippen molar-refractivity contribution in [1.82, 2.24) is 14.7 Å². The van der Waals surface area contributed by atoms with Crippen LogP contribution in [0.5, 0.6) is 11.6 Å². The quantitative estimate of drug-likeness (QED) is 0.386. The summed E-state index contributed by atoms with van der Waals surface area (Å²) in [4.78, 5) is 2.33. The van der Waals surface area contributed by atoms with Gasteiger partial charge in [-0.05, 0) is 83.2 Å². The minimum atomic E-state index is -0.557. The number of hydrogen-bond acceptors (Lipinski definition) is 5. The molecule has 4 rings (SSSR count). The van der Waals surface area contributed by atoms with Gasteiger partial charge >= 0.3 is 0 Å². The average Bonchev–Trinajstić information content (AvgIpc) is 3.57. The number of aliphatic hydroxyl groups excluding tert-OH is 1. The van der Waals surface area contributed by atoms with Crippen LogP contribution in [0.15, 0.2) is 54.6 Å². The fourth-order valence-electron chi connectivity index (χ4n) is 4.15. The van der Waals surface area contributed by atoms with Crippen LogP contribution < -0.4 is 4.74 Å². The van der Waals surface area contributed by atoms with Crippen LogP contribution in [0.25, 0.3) is 5.69 Å². The number of para-hydroxylation sites is 1. The fourth-order valence-corrected chi connectivity index (χ4v) is 4.15. The third-order valence-corrected chi connectivity index (χ3v) is 6.11. The Morgan fingerprint density at radius 3 is 2.49 bits per heavy atom. The summed E-state index contributed by atoms with van der Waals surface area (Å²) in [5, 5.41) is 15.6. The van der Waals surface area contributed by atoms with E-state index in [0.717, 1.165) is 40.7 Å². The van der Waals surface area contributed by atoms with E-state index in [1.54, 1.807) is 0 Å². The van der Waals surface area contributed by atoms with E-state index in [4.69, 9.17) is 14.6 Å². The third-order valence-electron chi connectivity index (χ3n) is 6.11. The smallest absolute Gasteiger partial charge is 0.227 e. The summed E-state index contributed by atoms with van der Waals surface area (Å²) in [5.74, 6) is 2.20. The van der Waals surface area contributed by atoms with Crippen LogP contribution in [-0.4, -0.2) is 51.2 Å². The van der Waals surface area contributed by atoms with Gasteiger partial charge < -0.3 is 14.6 Å². The lowest BCUT2D eigenvalue weighted by Gasteiger charge is -2.27. The lowest BCUT2D eigenvalue weighted by Crippen LogP contribution is -2.37. The Bertz CT molecular complexity index is 1100. The van der Waals surface area contributed by atoms with Gasteiger partial charge in [-0.15, -0.1) is 0 Å². The maximum atomic E-state index is 10.8. The predicted octanol–water partition coefficient (Wildman–Crippen LogP) is 5.67. The first-order valence-electron chi connectivity index (χ1n) is 12.6. The Morgan fingerprint density at radius 2 is 1.83 bits per heavy atom. The molecule has 1 heterocycles. The van der Waals surface area contributed by atoms with Crippen LogP contribution in [-0.2, 0) is 11.3 Å². The topological polar surface area (TPSA) is 59.8 Å². The van der Waals surface area contributed by atoms with E-state index in [-0.39, 0.29) is 5.60 Å². The first-order chi connectivity index (χ1) is 16.7. The standard InChI is InChI=1S/C29H39N3O3/c1-21-10-9-13-26(16-21)35-28-27(22(2)30-32(28)24-11-7-6-8-12-24)19-31(17-23-14-15-23)18-25(33)20-34-29(3,4)5/h6-13,16,23,25,33H,14-15,17-20H2,1-5H3/t25-/m0/s1. The van der Waals surface area contributed by atoms with Crippen molar-refractivity contribution in [3.63, 3.8) is 0 Å². The van der Waals surface area contributed by atoms with E-state index in [1.165, 1.54) is 12.8 Å². The van der Waals surface area contributed by atoms with Crippen molar-refractivity contribution in [2.24, 2.45) is 5.92 Å². The van der Waals surface area contributed by atoms with Gasteiger partial charge in [-0.2, -0.15) is 5.10 Å². The molecule has 1 saturated carbocycles. The summed E-state index contributed by atoms with van der Waals surface area (Å²) in [7, 11) is 0. The van der Waals surface area contributed by atoms with Crippen molar-refractivity contribution < 1.29 is 14.6 Å². The number of hydrogen-bond donors (Lipinski definition) is 1. The highest BCUT2D eigenvalue weighted by molar-refractivity contribution is 5.43. The van der Waals surface area contributed by atoms with E-state index < -0.39 is 6.10 Å². The highest BCUT2D eigenvalue weighted by Gasteiger charge is 2.28. The largest absolute Gasteiger partial charge is 0.439 e. The summed E-state index contributed by atoms with van der Waals surface area (Å²) in [5.41, 5.74) is 3.79. The molecule has 35 heavy (non-hydrogen) atoms. The lowest BCUT2D eigenvalue weighted by molar-refractivity contribution is -0.0569. The van der Waals surface area contributed by atoms with Gasteiger partial charge in [0.25, 0.3) is 0 Å². The van der Waals surface area contributed by atoms with E-state index in [9.17, 15) is 5.11 Å². The molecule has 188 valence electrons. The first-order valence-corrected chi connectivity index (χ1v) is 12.6. The molecular formula is C29H39N3O3. The summed E-state index contributed by atoms with van der Waals surface area (Å²) >= 11 is 0. The second-order valence-electron chi connectivity index (χ2n) is 10.7. The van der Waals surface area contributed by atoms with Gasteiger partial charge in [0.1, 0.15) is 5.75 Å². The van der Waals surface area contributed by atoms with Crippen molar-refractivity contribution in [1.29, 1.82) is 0 Å². The van der Waals surface area contributed by atoms with Crippen LogP contribution >= 0.6 is 0 Å². The molecule has 0 amide bonds. The zero-order chi connectivity index (χ0) is 25.0. The molecule has 3 aromatic rings. The predicted molar refractivity (Wildman–Crippen MR) is 139 cm³/mol. The molecule has 1 fully saturated rings. The van der Waals surface area contributed by atoms with Crippen LogP contribution in [0.2, 0.25) is 0 Å². The molecule has 0 bridgehead atoms. The SMILES string of the molecule is Cc1cccc(Oc2c(CN(CC3CC3)C[C@H](O)COC(C)(C)C)c(C)nn2-c2ccccc2)c1. The Balaban J connectivity index is 1.62. The molecule has 1 aromatic heterocycles. The van der Waals surface area contributed by atoms with E-state index in [2.05, 4.69) is 17.9 Å². The fraction of sp³-hybridized carbons (Fsp3) is 0.483. The molecule has 0 spiro atoms. The molecule has 1 atom stereocenters. The minimum absolute atomic E-state index is 0.273. The molecule has 2 aromatic carbocycles. The zero-order valence-electron chi connectivity index (χ0n) is 21.7. The maximum Gasteiger partial charge on any atom is 0.227 e. The number of aryl methyl sites for hydroxylation is 2. The van der Waals surface area contributed by atoms with Gasteiger partial charge in [0, 0.05) is 19.6 Å². The minimum Gasteiger partial charge on any atom is -0.439 e. The number of rotatable bonds is 11. The van der Waals surface area contributed by atoms with Crippen LogP contribution in [0.3, 0.4) is 0 Å². The van der Waals surface area contributed by atoms with Crippen LogP contribution in [0.4, 0.5) is 0 Å². The Hall–Kier alpha value is -2.67. The van der Waals surface area contributed by atoms with Crippen molar-refractivity contribution in [2.45, 2.75) is 65.7 Å². The summed E-state index contributed by atoms with van der Waals surface area (Å²) in [6.45, 7) is 12.6. The normalized spacial score (nSPS) is 14.9. The van der Waals surface area contributed by atoms with Crippen molar-refractivity contribution in [2.75, 3.05) is 19.7 Å². The van der Waals surface area contributed by atoms with E-state index in [0.29, 0.717) is 25.6 Å². The van der Waals surface area contributed by atoms with Gasteiger partial charge in [-0.3, -0.25) is 4.90 Å². The average molecular weight is 478 g/mol. The van der Waals surface area contributed by atoms with Gasteiger partial charge in [-0.1, -0.05) is 30.3 Å². The van der Waals surface area contributed by atoms with Gasteiger partial charge in [0.15, 0.2) is 0 Å². The lowest BCUT2D eigenvalue weighted by atomic mass is 10.2. The molecule has 1 aliphatic rings. The number of benzene rings is 2. The second kappa shape index (κ2) is 10.9. The number of ether oxygens (including phenoxy) is 2. The molecule has 1 N–H and O–H groups in total. The summed E-state index contributed by atoms with van der Waals surface area (Å²) in [6.07, 6.45) is 1.94. The van der Waals surface area contributed by atoms with Gasteiger partial charge in [-0.25, -0.2) is 4.68 Å². The molecule has 0 saturated heterocycles. The van der Waals surface area contributed by atoms with Gasteiger partial charge in [0.2, 0.25) is 5.88 Å². The Morgan fingerprint density at radius 1 is 1.09 bits per heavy atom. The summed E-state index contributed by atoms with van der Waals surface area (Å²) < 4.78 is 14.2. The highest BCUT2D eigenvalue weighted by atomic mass is 16.5. The van der Waals surface area contributed by atoms with Crippen molar-refractivity contribution in [3.05, 3.63) is 71.4 Å². The number of aliphatic hydroxyl groups is 1. The molecule has 6 heteroatoms. The summed E-state index contributed by atoms with van der Waals surface area (Å²) in [6, 6.07) is 18.2. The number of nitrogens with zero attached hydrogens (tertiary/aromatic N) is 3. The molecular weight excluding hydrogens is 438 g/mol. The number of aromatic nitrogens is 2. The molecule has 0 unspecified atom stereocenters. The molecule has 0 radical (unpaired) electrons. The molecule has 6 nitrogen and oxygen atoms in total. The van der Waals surface area contributed by atoms with Crippen LogP contribution in [0, 0.1) is 19.8 Å². The monoisotopic (exact) mass is 477 g/mol. The second-order valence-corrected chi connectivity index (χ2v) is 10.7.